The monoisotopic (exact) mass is 433 g/mol. The van der Waals surface area contributed by atoms with Crippen LogP contribution in [0.4, 0.5) is 0 Å². The Hall–Kier alpha value is -2.90. The van der Waals surface area contributed by atoms with Gasteiger partial charge in [0.25, 0.3) is 0 Å². The Balaban J connectivity index is 1.62. The zero-order valence-corrected chi connectivity index (χ0v) is 19.6. The number of nitrogens with zero attached hydrogens (tertiary/aromatic N) is 3. The summed E-state index contributed by atoms with van der Waals surface area (Å²) in [6.07, 6.45) is 2.23. The van der Waals surface area contributed by atoms with Crippen LogP contribution in [0.2, 0.25) is 0 Å². The fourth-order valence-corrected chi connectivity index (χ4v) is 5.06. The molecule has 0 bridgehead atoms. The van der Waals surface area contributed by atoms with E-state index >= 15 is 0 Å². The highest BCUT2D eigenvalue weighted by atomic mass is 15.5. The normalized spacial score (nSPS) is 16.2. The Kier molecular flexibility index (Phi) is 6.48. The Bertz CT molecular complexity index is 1100. The van der Waals surface area contributed by atoms with Gasteiger partial charge >= 0.3 is 0 Å². The van der Waals surface area contributed by atoms with E-state index in [9.17, 15) is 0 Å². The van der Waals surface area contributed by atoms with Gasteiger partial charge in [-0.25, -0.2) is 11.4 Å². The number of likely N-dealkylation sites (tertiary alicyclic amines) is 1. The SMILES string of the molecule is Cc1cc(-c2[nH]c3ccc(C4CCN(C/C(N)=N/NN)CC4)cc3c2C(C)C)cc(C)n1. The molecule has 7 nitrogen and oxygen atoms in total. The molecule has 0 spiro atoms. The summed E-state index contributed by atoms with van der Waals surface area (Å²) in [6.45, 7) is 11.3. The number of hydrogen-bond donors (Lipinski definition) is 4. The van der Waals surface area contributed by atoms with Crippen molar-refractivity contribution in [1.82, 2.24) is 20.4 Å². The third-order valence-electron chi connectivity index (χ3n) is 6.46. The van der Waals surface area contributed by atoms with Crippen LogP contribution in [0.15, 0.2) is 35.4 Å². The van der Waals surface area contributed by atoms with Gasteiger partial charge in [0, 0.05) is 27.9 Å². The number of aromatic amines is 1. The Morgan fingerprint density at radius 3 is 2.50 bits per heavy atom. The molecule has 3 heterocycles. The number of hydrazone groups is 1. The fraction of sp³-hybridized carbons (Fsp3) is 0.440. The molecule has 1 aliphatic heterocycles. The number of rotatable bonds is 6. The van der Waals surface area contributed by atoms with E-state index in [1.165, 1.54) is 33.3 Å². The highest BCUT2D eigenvalue weighted by molar-refractivity contribution is 5.92. The van der Waals surface area contributed by atoms with E-state index in [1.807, 2.05) is 0 Å². The summed E-state index contributed by atoms with van der Waals surface area (Å²) in [5.41, 5.74) is 16.7. The number of nitrogens with one attached hydrogen (secondary N) is 2. The van der Waals surface area contributed by atoms with Gasteiger partial charge in [0.15, 0.2) is 0 Å². The molecule has 0 unspecified atom stereocenters. The second-order valence-electron chi connectivity index (χ2n) is 9.29. The lowest BCUT2D eigenvalue weighted by molar-refractivity contribution is 0.238. The van der Waals surface area contributed by atoms with Crippen LogP contribution in [0.3, 0.4) is 0 Å². The molecular formula is C25H35N7. The van der Waals surface area contributed by atoms with Crippen molar-refractivity contribution in [3.05, 3.63) is 52.8 Å². The molecule has 1 aliphatic rings. The molecule has 1 aromatic carbocycles. The first-order chi connectivity index (χ1) is 15.4. The zero-order valence-electron chi connectivity index (χ0n) is 19.6. The second-order valence-corrected chi connectivity index (χ2v) is 9.29. The number of H-pyrrole nitrogens is 1. The number of pyridine rings is 1. The highest BCUT2D eigenvalue weighted by Crippen LogP contribution is 2.38. The van der Waals surface area contributed by atoms with Crippen LogP contribution in [0, 0.1) is 13.8 Å². The van der Waals surface area contributed by atoms with E-state index < -0.39 is 0 Å². The van der Waals surface area contributed by atoms with Gasteiger partial charge in [-0.3, -0.25) is 9.88 Å². The minimum absolute atomic E-state index is 0.419. The average Bonchev–Trinajstić information content (AvgIpc) is 3.13. The topological polar surface area (TPSA) is 108 Å². The number of fused-ring (bicyclic) bond motifs is 1. The van der Waals surface area contributed by atoms with Crippen molar-refractivity contribution >= 4 is 16.7 Å². The third kappa shape index (κ3) is 4.64. The van der Waals surface area contributed by atoms with Crippen LogP contribution in [0.25, 0.3) is 22.2 Å². The summed E-state index contributed by atoms with van der Waals surface area (Å²) in [6, 6.07) is 11.3. The summed E-state index contributed by atoms with van der Waals surface area (Å²) >= 11 is 0. The third-order valence-corrected chi connectivity index (χ3v) is 6.46. The maximum absolute atomic E-state index is 5.90. The lowest BCUT2D eigenvalue weighted by atomic mass is 9.87. The number of nitrogens with two attached hydrogens (primary N) is 2. The molecule has 0 radical (unpaired) electrons. The second kappa shape index (κ2) is 9.30. The van der Waals surface area contributed by atoms with E-state index in [4.69, 9.17) is 11.6 Å². The predicted molar refractivity (Wildman–Crippen MR) is 132 cm³/mol. The van der Waals surface area contributed by atoms with Crippen molar-refractivity contribution in [1.29, 1.82) is 0 Å². The zero-order chi connectivity index (χ0) is 22.8. The van der Waals surface area contributed by atoms with E-state index in [-0.39, 0.29) is 0 Å². The maximum Gasteiger partial charge on any atom is 0.135 e. The van der Waals surface area contributed by atoms with Gasteiger partial charge in [0.05, 0.1) is 12.2 Å². The number of piperidine rings is 1. The van der Waals surface area contributed by atoms with Gasteiger partial charge in [0.2, 0.25) is 0 Å². The summed E-state index contributed by atoms with van der Waals surface area (Å²) in [7, 11) is 0. The van der Waals surface area contributed by atoms with Crippen molar-refractivity contribution in [3.8, 4) is 11.3 Å². The first kappa shape index (κ1) is 22.3. The van der Waals surface area contributed by atoms with E-state index in [0.717, 1.165) is 37.3 Å². The molecule has 0 atom stereocenters. The molecule has 6 N–H and O–H groups in total. The molecule has 3 aromatic rings. The summed E-state index contributed by atoms with van der Waals surface area (Å²) in [5.74, 6) is 6.73. The molecule has 170 valence electrons. The summed E-state index contributed by atoms with van der Waals surface area (Å²) < 4.78 is 0. The smallest absolute Gasteiger partial charge is 0.135 e. The number of aromatic nitrogens is 2. The van der Waals surface area contributed by atoms with E-state index in [0.29, 0.717) is 24.2 Å². The van der Waals surface area contributed by atoms with Crippen molar-refractivity contribution in [2.45, 2.75) is 52.4 Å². The fourth-order valence-electron chi connectivity index (χ4n) is 5.06. The molecule has 32 heavy (non-hydrogen) atoms. The maximum atomic E-state index is 5.90. The highest BCUT2D eigenvalue weighted by Gasteiger charge is 2.23. The lowest BCUT2D eigenvalue weighted by Crippen LogP contribution is -2.40. The molecule has 4 rings (SSSR count). The van der Waals surface area contributed by atoms with Crippen molar-refractivity contribution in [2.24, 2.45) is 16.7 Å². The first-order valence-electron chi connectivity index (χ1n) is 11.5. The molecule has 7 heteroatoms. The molecular weight excluding hydrogens is 398 g/mol. The number of amidine groups is 1. The van der Waals surface area contributed by atoms with Crippen LogP contribution in [-0.4, -0.2) is 40.3 Å². The number of hydrogen-bond acceptors (Lipinski definition) is 5. The minimum atomic E-state index is 0.419. The van der Waals surface area contributed by atoms with Crippen molar-refractivity contribution < 1.29 is 0 Å². The van der Waals surface area contributed by atoms with Crippen LogP contribution in [0.5, 0.6) is 0 Å². The lowest BCUT2D eigenvalue weighted by Gasteiger charge is -2.32. The van der Waals surface area contributed by atoms with Gasteiger partial charge in [-0.15, -0.1) is 0 Å². The van der Waals surface area contributed by atoms with E-state index in [1.54, 1.807) is 0 Å². The van der Waals surface area contributed by atoms with Gasteiger partial charge < -0.3 is 10.7 Å². The summed E-state index contributed by atoms with van der Waals surface area (Å²) in [4.78, 5) is 10.6. The minimum Gasteiger partial charge on any atom is -0.385 e. The molecule has 1 saturated heterocycles. The summed E-state index contributed by atoms with van der Waals surface area (Å²) in [5, 5.41) is 5.21. The van der Waals surface area contributed by atoms with Gasteiger partial charge in [-0.1, -0.05) is 19.9 Å². The number of benzene rings is 1. The molecule has 0 saturated carbocycles. The van der Waals surface area contributed by atoms with Crippen LogP contribution < -0.4 is 17.1 Å². The Morgan fingerprint density at radius 1 is 1.19 bits per heavy atom. The van der Waals surface area contributed by atoms with Crippen molar-refractivity contribution in [3.63, 3.8) is 0 Å². The van der Waals surface area contributed by atoms with Crippen molar-refractivity contribution in [2.75, 3.05) is 19.6 Å². The van der Waals surface area contributed by atoms with Crippen LogP contribution in [-0.2, 0) is 0 Å². The quantitative estimate of drug-likeness (QED) is 0.204. The molecule has 2 aromatic heterocycles. The standard InChI is InChI=1S/C25H35N7/c1-15(2)24-21-13-19(18-7-9-32(10-8-18)14-23(26)30-31-27)5-6-22(21)29-25(24)20-11-16(3)28-17(4)12-20/h5-6,11-13,15,18,29,31H,7-10,14,27H2,1-4H3,(H2,26,30). The van der Waals surface area contributed by atoms with Crippen LogP contribution in [0.1, 0.15) is 61.0 Å². The predicted octanol–water partition coefficient (Wildman–Crippen LogP) is 3.89. The van der Waals surface area contributed by atoms with Gasteiger partial charge in [0.1, 0.15) is 5.84 Å². The first-order valence-corrected chi connectivity index (χ1v) is 11.5. The number of aryl methyl sites for hydroxylation is 2. The molecule has 1 fully saturated rings. The van der Waals surface area contributed by atoms with Crippen LogP contribution >= 0.6 is 0 Å². The Morgan fingerprint density at radius 2 is 1.88 bits per heavy atom. The average molecular weight is 434 g/mol. The number of hydrazine groups is 1. The molecule has 0 amide bonds. The molecule has 0 aliphatic carbocycles. The van der Waals surface area contributed by atoms with Gasteiger partial charge in [-0.2, -0.15) is 5.10 Å². The largest absolute Gasteiger partial charge is 0.385 e. The van der Waals surface area contributed by atoms with E-state index in [2.05, 4.69) is 83.5 Å². The van der Waals surface area contributed by atoms with Gasteiger partial charge in [-0.05, 0) is 87.0 Å². The Labute approximate surface area is 190 Å².